The van der Waals surface area contributed by atoms with E-state index in [0.29, 0.717) is 16.3 Å². The zero-order chi connectivity index (χ0) is 17.0. The Morgan fingerprint density at radius 1 is 1.26 bits per heavy atom. The number of benzene rings is 2. The van der Waals surface area contributed by atoms with Crippen molar-refractivity contribution in [2.45, 2.75) is 16.7 Å². The Hall–Kier alpha value is -2.41. The Bertz CT molecular complexity index is 752. The fourth-order valence-corrected chi connectivity index (χ4v) is 2.82. The van der Waals surface area contributed by atoms with Crippen LogP contribution in [0.3, 0.4) is 0 Å². The topological polar surface area (TPSA) is 63.5 Å². The second kappa shape index (κ2) is 7.23. The smallest absolute Gasteiger partial charge is 0.270 e. The number of carbonyl (C=O) groups is 1. The summed E-state index contributed by atoms with van der Waals surface area (Å²) < 4.78 is 13.8. The molecule has 0 aromatic heterocycles. The van der Waals surface area contributed by atoms with Crippen LogP contribution >= 0.6 is 11.8 Å². The van der Waals surface area contributed by atoms with E-state index in [-0.39, 0.29) is 17.2 Å². The highest BCUT2D eigenvalue weighted by atomic mass is 32.2. The normalized spacial score (nSPS) is 10.4. The summed E-state index contributed by atoms with van der Waals surface area (Å²) >= 11 is 1.07. The predicted molar refractivity (Wildman–Crippen MR) is 86.3 cm³/mol. The summed E-state index contributed by atoms with van der Waals surface area (Å²) in [5.74, 6) is -0.742. The highest BCUT2D eigenvalue weighted by molar-refractivity contribution is 7.99. The van der Waals surface area contributed by atoms with E-state index in [9.17, 15) is 19.3 Å². The van der Waals surface area contributed by atoms with Crippen LogP contribution in [0.25, 0.3) is 0 Å². The van der Waals surface area contributed by atoms with Gasteiger partial charge in [-0.2, -0.15) is 0 Å². The standard InChI is InChI=1S/C16H15FN2O3S/c1-3-18(2)16(20)12-10-11(19(21)22)8-9-14(12)23-15-7-5-4-6-13(15)17/h4-10H,3H2,1-2H3. The van der Waals surface area contributed by atoms with Crippen molar-refractivity contribution in [3.63, 3.8) is 0 Å². The number of halogens is 1. The molecule has 2 rings (SSSR count). The summed E-state index contributed by atoms with van der Waals surface area (Å²) in [6.45, 7) is 2.27. The van der Waals surface area contributed by atoms with Crippen molar-refractivity contribution in [1.29, 1.82) is 0 Å². The molecule has 0 aliphatic carbocycles. The lowest BCUT2D eigenvalue weighted by atomic mass is 10.2. The van der Waals surface area contributed by atoms with Gasteiger partial charge < -0.3 is 4.90 Å². The summed E-state index contributed by atoms with van der Waals surface area (Å²) in [5.41, 5.74) is 0.0209. The molecule has 0 heterocycles. The van der Waals surface area contributed by atoms with E-state index in [1.807, 2.05) is 0 Å². The fraction of sp³-hybridized carbons (Fsp3) is 0.188. The molecule has 0 fully saturated rings. The maximum Gasteiger partial charge on any atom is 0.270 e. The minimum absolute atomic E-state index is 0.171. The average molecular weight is 334 g/mol. The molecule has 0 saturated heterocycles. The van der Waals surface area contributed by atoms with E-state index in [4.69, 9.17) is 0 Å². The number of amides is 1. The van der Waals surface area contributed by atoms with Crippen LogP contribution in [0.1, 0.15) is 17.3 Å². The SMILES string of the molecule is CCN(C)C(=O)c1cc([N+](=O)[O-])ccc1Sc1ccccc1F. The van der Waals surface area contributed by atoms with Crippen molar-refractivity contribution in [2.75, 3.05) is 13.6 Å². The molecule has 0 aliphatic rings. The van der Waals surface area contributed by atoms with Gasteiger partial charge in [-0.3, -0.25) is 14.9 Å². The first kappa shape index (κ1) is 17.0. The minimum atomic E-state index is -0.555. The van der Waals surface area contributed by atoms with Crippen molar-refractivity contribution in [2.24, 2.45) is 0 Å². The third-order valence-corrected chi connectivity index (χ3v) is 4.41. The summed E-state index contributed by atoms with van der Waals surface area (Å²) in [6, 6.07) is 10.2. The minimum Gasteiger partial charge on any atom is -0.342 e. The lowest BCUT2D eigenvalue weighted by molar-refractivity contribution is -0.384. The van der Waals surface area contributed by atoms with Gasteiger partial charge in [0.25, 0.3) is 11.6 Å². The number of nitrogens with zero attached hydrogens (tertiary/aromatic N) is 2. The lowest BCUT2D eigenvalue weighted by Crippen LogP contribution is -2.26. The van der Waals surface area contributed by atoms with Gasteiger partial charge >= 0.3 is 0 Å². The van der Waals surface area contributed by atoms with Crippen LogP contribution in [0.5, 0.6) is 0 Å². The van der Waals surface area contributed by atoms with Gasteiger partial charge in [-0.1, -0.05) is 23.9 Å². The van der Waals surface area contributed by atoms with Crippen LogP contribution in [0.2, 0.25) is 0 Å². The summed E-state index contributed by atoms with van der Waals surface area (Å²) in [5, 5.41) is 11.0. The molecule has 0 unspecified atom stereocenters. The number of hydrogen-bond donors (Lipinski definition) is 0. The zero-order valence-electron chi connectivity index (χ0n) is 12.7. The largest absolute Gasteiger partial charge is 0.342 e. The van der Waals surface area contributed by atoms with Crippen molar-refractivity contribution in [1.82, 2.24) is 4.90 Å². The van der Waals surface area contributed by atoms with Crippen LogP contribution in [0.15, 0.2) is 52.3 Å². The van der Waals surface area contributed by atoms with E-state index in [1.54, 1.807) is 32.2 Å². The van der Waals surface area contributed by atoms with Gasteiger partial charge in [-0.05, 0) is 25.1 Å². The molecule has 1 amide bonds. The molecule has 0 spiro atoms. The van der Waals surface area contributed by atoms with Gasteiger partial charge in [0.2, 0.25) is 0 Å². The molecule has 0 bridgehead atoms. The molecule has 0 aliphatic heterocycles. The average Bonchev–Trinajstić information content (AvgIpc) is 2.55. The maximum absolute atomic E-state index is 13.8. The third kappa shape index (κ3) is 3.87. The molecule has 0 radical (unpaired) electrons. The number of hydrogen-bond acceptors (Lipinski definition) is 4. The van der Waals surface area contributed by atoms with E-state index in [1.165, 1.54) is 29.2 Å². The summed E-state index contributed by atoms with van der Waals surface area (Å²) in [7, 11) is 1.61. The van der Waals surface area contributed by atoms with Crippen molar-refractivity contribution in [3.8, 4) is 0 Å². The molecule has 0 atom stereocenters. The summed E-state index contributed by atoms with van der Waals surface area (Å²) in [4.78, 5) is 25.1. The molecular weight excluding hydrogens is 319 g/mol. The molecule has 120 valence electrons. The first-order chi connectivity index (χ1) is 10.9. The molecule has 7 heteroatoms. The van der Waals surface area contributed by atoms with Gasteiger partial charge in [0.05, 0.1) is 10.5 Å². The Morgan fingerprint density at radius 2 is 1.96 bits per heavy atom. The second-order valence-electron chi connectivity index (χ2n) is 4.79. The van der Waals surface area contributed by atoms with Gasteiger partial charge in [-0.15, -0.1) is 0 Å². The zero-order valence-corrected chi connectivity index (χ0v) is 13.5. The number of carbonyl (C=O) groups excluding carboxylic acids is 1. The number of nitro benzene ring substituents is 1. The van der Waals surface area contributed by atoms with Crippen LogP contribution in [0.4, 0.5) is 10.1 Å². The Balaban J connectivity index is 2.48. The molecule has 0 N–H and O–H groups in total. The molecular formula is C16H15FN2O3S. The number of rotatable bonds is 5. The van der Waals surface area contributed by atoms with Crippen LogP contribution in [-0.2, 0) is 0 Å². The van der Waals surface area contributed by atoms with Gasteiger partial charge in [0.15, 0.2) is 0 Å². The molecule has 0 saturated carbocycles. The Kier molecular flexibility index (Phi) is 5.33. The molecule has 23 heavy (non-hydrogen) atoms. The van der Waals surface area contributed by atoms with Crippen molar-refractivity contribution >= 4 is 23.4 Å². The first-order valence-corrected chi connectivity index (χ1v) is 7.72. The predicted octanol–water partition coefficient (Wildman–Crippen LogP) is 3.98. The maximum atomic E-state index is 13.8. The quantitative estimate of drug-likeness (QED) is 0.613. The first-order valence-electron chi connectivity index (χ1n) is 6.90. The number of non-ortho nitro benzene ring substituents is 1. The highest BCUT2D eigenvalue weighted by Gasteiger charge is 2.20. The van der Waals surface area contributed by atoms with E-state index in [0.717, 1.165) is 11.8 Å². The fourth-order valence-electron chi connectivity index (χ4n) is 1.88. The van der Waals surface area contributed by atoms with Crippen LogP contribution in [-0.4, -0.2) is 29.3 Å². The second-order valence-corrected chi connectivity index (χ2v) is 5.87. The summed E-state index contributed by atoms with van der Waals surface area (Å²) in [6.07, 6.45) is 0. The van der Waals surface area contributed by atoms with E-state index in [2.05, 4.69) is 0 Å². The monoisotopic (exact) mass is 334 g/mol. The third-order valence-electron chi connectivity index (χ3n) is 3.28. The van der Waals surface area contributed by atoms with Crippen LogP contribution in [0, 0.1) is 15.9 Å². The van der Waals surface area contributed by atoms with Gasteiger partial charge in [-0.25, -0.2) is 4.39 Å². The van der Waals surface area contributed by atoms with E-state index >= 15 is 0 Å². The van der Waals surface area contributed by atoms with E-state index < -0.39 is 10.7 Å². The van der Waals surface area contributed by atoms with Gasteiger partial charge in [0.1, 0.15) is 5.82 Å². The lowest BCUT2D eigenvalue weighted by Gasteiger charge is -2.16. The number of nitro groups is 1. The van der Waals surface area contributed by atoms with Crippen molar-refractivity contribution < 1.29 is 14.1 Å². The Morgan fingerprint density at radius 3 is 2.57 bits per heavy atom. The highest BCUT2D eigenvalue weighted by Crippen LogP contribution is 2.34. The Labute approximate surface area is 137 Å². The van der Waals surface area contributed by atoms with Crippen molar-refractivity contribution in [3.05, 3.63) is 64.0 Å². The van der Waals surface area contributed by atoms with Crippen LogP contribution < -0.4 is 0 Å². The molecule has 2 aromatic rings. The molecule has 2 aromatic carbocycles. The van der Waals surface area contributed by atoms with Gasteiger partial charge in [0, 0.05) is 35.5 Å². The molecule has 5 nitrogen and oxygen atoms in total.